The van der Waals surface area contributed by atoms with Gasteiger partial charge in [0, 0.05) is 24.6 Å². The van der Waals surface area contributed by atoms with Gasteiger partial charge in [-0.3, -0.25) is 4.79 Å². The van der Waals surface area contributed by atoms with E-state index >= 15 is 0 Å². The van der Waals surface area contributed by atoms with E-state index in [1.54, 1.807) is 23.5 Å². The quantitative estimate of drug-likeness (QED) is 0.493. The second kappa shape index (κ2) is 8.17. The number of nitrogens with zero attached hydrogens (tertiary/aromatic N) is 2. The molecule has 2 aromatic carbocycles. The summed E-state index contributed by atoms with van der Waals surface area (Å²) in [5.41, 5.74) is 1.66. The Balaban J connectivity index is 1.29. The molecule has 3 aromatic rings. The van der Waals surface area contributed by atoms with Crippen LogP contribution < -0.4 is 0 Å². The fourth-order valence-electron chi connectivity index (χ4n) is 3.34. The average Bonchev–Trinajstić information content (AvgIpc) is 3.43. The van der Waals surface area contributed by atoms with Crippen LogP contribution in [0.4, 0.5) is 4.39 Å². The lowest BCUT2D eigenvalue weighted by atomic mass is 10.1. The summed E-state index contributed by atoms with van der Waals surface area (Å²) < 4.78 is 15.2. The maximum absolute atomic E-state index is 13.9. The van der Waals surface area contributed by atoms with Crippen LogP contribution >= 0.6 is 11.3 Å². The molecule has 0 unspecified atom stereocenters. The first kappa shape index (κ1) is 18.1. The van der Waals surface area contributed by atoms with Gasteiger partial charge in [-0.25, -0.2) is 9.37 Å². The summed E-state index contributed by atoms with van der Waals surface area (Å²) in [6.45, 7) is 0.383. The number of thiazole rings is 1. The van der Waals surface area contributed by atoms with Crippen molar-refractivity contribution in [3.05, 3.63) is 64.9 Å². The summed E-state index contributed by atoms with van der Waals surface area (Å²) in [5.74, 6) is -0.0863. The minimum atomic E-state index is -0.230. The molecular weight excluding hydrogens is 359 g/mol. The number of para-hydroxylation sites is 1. The number of hydrogen-bond acceptors (Lipinski definition) is 3. The zero-order valence-electron chi connectivity index (χ0n) is 15.2. The predicted octanol–water partition coefficient (Wildman–Crippen LogP) is 5.34. The summed E-state index contributed by atoms with van der Waals surface area (Å²) in [6.07, 6.45) is 5.29. The molecule has 0 bridgehead atoms. The van der Waals surface area contributed by atoms with Crippen molar-refractivity contribution in [1.29, 1.82) is 0 Å². The second-order valence-electron chi connectivity index (χ2n) is 7.13. The third kappa shape index (κ3) is 4.53. The molecule has 0 atom stereocenters. The van der Waals surface area contributed by atoms with Crippen LogP contribution in [-0.4, -0.2) is 21.8 Å². The lowest BCUT2D eigenvalue weighted by molar-refractivity contribution is -0.132. The van der Waals surface area contributed by atoms with Gasteiger partial charge >= 0.3 is 0 Å². The van der Waals surface area contributed by atoms with Crippen LogP contribution in [0.2, 0.25) is 0 Å². The lowest BCUT2D eigenvalue weighted by Crippen LogP contribution is -2.32. The molecule has 5 heteroatoms. The van der Waals surface area contributed by atoms with E-state index in [9.17, 15) is 9.18 Å². The molecule has 1 aliphatic carbocycles. The van der Waals surface area contributed by atoms with Gasteiger partial charge in [-0.1, -0.05) is 30.3 Å². The third-order valence-electron chi connectivity index (χ3n) is 4.98. The highest BCUT2D eigenvalue weighted by Gasteiger charge is 2.32. The van der Waals surface area contributed by atoms with Gasteiger partial charge in [-0.05, 0) is 50.3 Å². The van der Waals surface area contributed by atoms with Crippen molar-refractivity contribution in [2.45, 2.75) is 51.1 Å². The van der Waals surface area contributed by atoms with Gasteiger partial charge < -0.3 is 4.90 Å². The highest BCUT2D eigenvalue weighted by atomic mass is 32.1. The van der Waals surface area contributed by atoms with Crippen molar-refractivity contribution >= 4 is 27.5 Å². The topological polar surface area (TPSA) is 33.2 Å². The van der Waals surface area contributed by atoms with E-state index in [0.29, 0.717) is 24.6 Å². The predicted molar refractivity (Wildman–Crippen MR) is 107 cm³/mol. The molecule has 0 radical (unpaired) electrons. The van der Waals surface area contributed by atoms with Crippen LogP contribution in [0.5, 0.6) is 0 Å². The smallest absolute Gasteiger partial charge is 0.223 e. The van der Waals surface area contributed by atoms with Gasteiger partial charge in [0.1, 0.15) is 5.82 Å². The number of carbonyl (C=O) groups is 1. The van der Waals surface area contributed by atoms with E-state index in [-0.39, 0.29) is 11.7 Å². The molecule has 3 nitrogen and oxygen atoms in total. The van der Waals surface area contributed by atoms with Crippen molar-refractivity contribution in [2.75, 3.05) is 0 Å². The molecule has 1 amide bonds. The van der Waals surface area contributed by atoms with E-state index < -0.39 is 0 Å². The van der Waals surface area contributed by atoms with Gasteiger partial charge in [0.25, 0.3) is 0 Å². The Morgan fingerprint density at radius 2 is 1.89 bits per heavy atom. The molecule has 0 spiro atoms. The summed E-state index contributed by atoms with van der Waals surface area (Å²) >= 11 is 1.73. The molecule has 1 aliphatic rings. The minimum absolute atomic E-state index is 0.144. The SMILES string of the molecule is O=C(CCCCc1nc2ccccc2s1)N(Cc1ccccc1F)C1CC1. The van der Waals surface area contributed by atoms with E-state index in [0.717, 1.165) is 42.6 Å². The number of carbonyl (C=O) groups excluding carboxylic acids is 1. The molecular formula is C22H23FN2OS. The van der Waals surface area contributed by atoms with Crippen LogP contribution in [0.15, 0.2) is 48.5 Å². The highest BCUT2D eigenvalue weighted by molar-refractivity contribution is 7.18. The normalized spacial score (nSPS) is 13.8. The van der Waals surface area contributed by atoms with Crippen molar-refractivity contribution in [3.8, 4) is 0 Å². The Kier molecular flexibility index (Phi) is 5.48. The Morgan fingerprint density at radius 3 is 2.67 bits per heavy atom. The average molecular weight is 383 g/mol. The first-order chi connectivity index (χ1) is 13.2. The fraction of sp³-hybridized carbons (Fsp3) is 0.364. The van der Waals surface area contributed by atoms with Gasteiger partial charge in [-0.15, -0.1) is 11.3 Å². The minimum Gasteiger partial charge on any atom is -0.335 e. The van der Waals surface area contributed by atoms with Crippen molar-refractivity contribution in [2.24, 2.45) is 0 Å². The van der Waals surface area contributed by atoms with Crippen LogP contribution in [0, 0.1) is 5.82 Å². The van der Waals surface area contributed by atoms with Gasteiger partial charge in [-0.2, -0.15) is 0 Å². The number of fused-ring (bicyclic) bond motifs is 1. The fourth-order valence-corrected chi connectivity index (χ4v) is 4.35. The van der Waals surface area contributed by atoms with Gasteiger partial charge in [0.2, 0.25) is 5.91 Å². The summed E-state index contributed by atoms with van der Waals surface area (Å²) in [6, 6.07) is 15.2. The molecule has 4 rings (SSSR count). The van der Waals surface area contributed by atoms with Crippen LogP contribution in [0.3, 0.4) is 0 Å². The number of amides is 1. The molecule has 0 N–H and O–H groups in total. The van der Waals surface area contributed by atoms with E-state index in [4.69, 9.17) is 0 Å². The largest absolute Gasteiger partial charge is 0.335 e. The molecule has 140 valence electrons. The molecule has 1 fully saturated rings. The van der Waals surface area contributed by atoms with E-state index in [1.165, 1.54) is 10.8 Å². The number of unbranched alkanes of at least 4 members (excludes halogenated alkanes) is 1. The Bertz CT molecular complexity index is 902. The maximum atomic E-state index is 13.9. The van der Waals surface area contributed by atoms with Gasteiger partial charge in [0.05, 0.1) is 15.2 Å². The zero-order valence-corrected chi connectivity index (χ0v) is 16.1. The molecule has 0 aliphatic heterocycles. The van der Waals surface area contributed by atoms with Crippen molar-refractivity contribution in [3.63, 3.8) is 0 Å². The first-order valence-corrected chi connectivity index (χ1v) is 10.4. The zero-order chi connectivity index (χ0) is 18.6. The van der Waals surface area contributed by atoms with Crippen LogP contribution in [0.1, 0.15) is 42.7 Å². The van der Waals surface area contributed by atoms with E-state index in [2.05, 4.69) is 11.1 Å². The Labute approximate surface area is 162 Å². The van der Waals surface area contributed by atoms with Crippen LogP contribution in [-0.2, 0) is 17.8 Å². The van der Waals surface area contributed by atoms with Gasteiger partial charge in [0.15, 0.2) is 0 Å². The van der Waals surface area contributed by atoms with Crippen molar-refractivity contribution < 1.29 is 9.18 Å². The van der Waals surface area contributed by atoms with Crippen LogP contribution in [0.25, 0.3) is 10.2 Å². The first-order valence-electron chi connectivity index (χ1n) is 9.58. The maximum Gasteiger partial charge on any atom is 0.223 e. The molecule has 1 heterocycles. The lowest BCUT2D eigenvalue weighted by Gasteiger charge is -2.23. The Hall–Kier alpha value is -2.27. The molecule has 27 heavy (non-hydrogen) atoms. The summed E-state index contributed by atoms with van der Waals surface area (Å²) in [4.78, 5) is 19.2. The number of aryl methyl sites for hydroxylation is 1. The molecule has 0 saturated heterocycles. The standard InChI is InChI=1S/C22H23FN2OS/c23-18-8-2-1-7-16(18)15-25(17-13-14-17)22(26)12-6-5-11-21-24-19-9-3-4-10-20(19)27-21/h1-4,7-10,17H,5-6,11-15H2. The second-order valence-corrected chi connectivity index (χ2v) is 8.24. The number of benzene rings is 2. The number of aromatic nitrogens is 1. The number of rotatable bonds is 8. The third-order valence-corrected chi connectivity index (χ3v) is 6.07. The van der Waals surface area contributed by atoms with Crippen molar-refractivity contribution in [1.82, 2.24) is 9.88 Å². The monoisotopic (exact) mass is 382 g/mol. The summed E-state index contributed by atoms with van der Waals surface area (Å²) in [5, 5.41) is 1.13. The number of halogens is 1. The Morgan fingerprint density at radius 1 is 1.11 bits per heavy atom. The summed E-state index contributed by atoms with van der Waals surface area (Å²) in [7, 11) is 0. The number of hydrogen-bond donors (Lipinski definition) is 0. The molecule has 1 aromatic heterocycles. The van der Waals surface area contributed by atoms with E-state index in [1.807, 2.05) is 29.2 Å². The molecule has 1 saturated carbocycles. The highest BCUT2D eigenvalue weighted by Crippen LogP contribution is 2.30.